The maximum Gasteiger partial charge on any atom is 0.408 e. The van der Waals surface area contributed by atoms with E-state index in [9.17, 15) is 14.4 Å². The number of amides is 2. The number of carboxylic acid groups (broad SMARTS) is 1. The summed E-state index contributed by atoms with van der Waals surface area (Å²) in [6, 6.07) is -0.735. The Kier molecular flexibility index (Phi) is 8.52. The van der Waals surface area contributed by atoms with Gasteiger partial charge < -0.3 is 20.1 Å². The molecular formula is C15H28N2O5. The van der Waals surface area contributed by atoms with Gasteiger partial charge in [0.1, 0.15) is 6.04 Å². The molecule has 0 aliphatic rings. The van der Waals surface area contributed by atoms with E-state index >= 15 is 0 Å². The van der Waals surface area contributed by atoms with Crippen molar-refractivity contribution >= 4 is 18.0 Å². The normalized spacial score (nSPS) is 14.9. The summed E-state index contributed by atoms with van der Waals surface area (Å²) in [6.07, 6.45) is -1.18. The van der Waals surface area contributed by atoms with Gasteiger partial charge in [-0.1, -0.05) is 34.1 Å². The quantitative estimate of drug-likeness (QED) is 0.711. The summed E-state index contributed by atoms with van der Waals surface area (Å²) in [5.41, 5.74) is 0. The van der Waals surface area contributed by atoms with Crippen molar-refractivity contribution in [2.45, 2.75) is 52.7 Å². The fourth-order valence-corrected chi connectivity index (χ4v) is 1.88. The molecule has 3 atom stereocenters. The number of nitrogens with zero attached hydrogens (tertiary/aromatic N) is 1. The predicted octanol–water partition coefficient (Wildman–Crippen LogP) is 1.71. The molecule has 0 bridgehead atoms. The van der Waals surface area contributed by atoms with Crippen LogP contribution < -0.4 is 5.32 Å². The lowest BCUT2D eigenvalue weighted by atomic mass is 9.98. The molecule has 0 aromatic heterocycles. The SMILES string of the molecule is CC[C@H](C)[C@@H](NC(=O)O[C@@H](CC(C)C)C(=O)O)C(=O)N(C)C. The molecule has 0 fully saturated rings. The molecule has 0 spiro atoms. The van der Waals surface area contributed by atoms with Crippen LogP contribution in [0.5, 0.6) is 0 Å². The smallest absolute Gasteiger partial charge is 0.408 e. The van der Waals surface area contributed by atoms with Crippen molar-refractivity contribution in [1.82, 2.24) is 10.2 Å². The Balaban J connectivity index is 4.87. The van der Waals surface area contributed by atoms with Gasteiger partial charge in [-0.15, -0.1) is 0 Å². The number of nitrogens with one attached hydrogen (secondary N) is 1. The molecule has 2 N–H and O–H groups in total. The summed E-state index contributed by atoms with van der Waals surface area (Å²) < 4.78 is 4.96. The van der Waals surface area contributed by atoms with Gasteiger partial charge in [-0.2, -0.15) is 0 Å². The first-order valence-electron chi connectivity index (χ1n) is 7.51. The number of carboxylic acids is 1. The van der Waals surface area contributed by atoms with Crippen molar-refractivity contribution in [2.24, 2.45) is 11.8 Å². The van der Waals surface area contributed by atoms with Crippen molar-refractivity contribution in [3.8, 4) is 0 Å². The molecule has 128 valence electrons. The van der Waals surface area contributed by atoms with Crippen LogP contribution in [0.4, 0.5) is 4.79 Å². The average Bonchev–Trinajstić information content (AvgIpc) is 2.41. The zero-order valence-corrected chi connectivity index (χ0v) is 14.3. The zero-order chi connectivity index (χ0) is 17.4. The largest absolute Gasteiger partial charge is 0.479 e. The molecule has 0 aromatic rings. The number of aliphatic carboxylic acids is 1. The Morgan fingerprint density at radius 1 is 1.18 bits per heavy atom. The summed E-state index contributed by atoms with van der Waals surface area (Å²) >= 11 is 0. The van der Waals surface area contributed by atoms with Gasteiger partial charge in [0.15, 0.2) is 0 Å². The van der Waals surface area contributed by atoms with Crippen LogP contribution in [0.25, 0.3) is 0 Å². The molecule has 0 saturated carbocycles. The Bertz CT molecular complexity index is 395. The Labute approximate surface area is 132 Å². The van der Waals surface area contributed by atoms with E-state index in [2.05, 4.69) is 5.32 Å². The van der Waals surface area contributed by atoms with E-state index < -0.39 is 24.2 Å². The van der Waals surface area contributed by atoms with Gasteiger partial charge in [0.05, 0.1) is 0 Å². The zero-order valence-electron chi connectivity index (χ0n) is 14.3. The second-order valence-electron chi connectivity index (χ2n) is 6.10. The topological polar surface area (TPSA) is 95.9 Å². The van der Waals surface area contributed by atoms with Crippen LogP contribution in [-0.2, 0) is 14.3 Å². The fourth-order valence-electron chi connectivity index (χ4n) is 1.88. The van der Waals surface area contributed by atoms with E-state index in [0.29, 0.717) is 6.42 Å². The van der Waals surface area contributed by atoms with E-state index in [4.69, 9.17) is 9.84 Å². The first kappa shape index (κ1) is 20.2. The van der Waals surface area contributed by atoms with Crippen molar-refractivity contribution in [2.75, 3.05) is 14.1 Å². The lowest BCUT2D eigenvalue weighted by Crippen LogP contribution is -2.50. The molecule has 0 rings (SSSR count). The van der Waals surface area contributed by atoms with Crippen molar-refractivity contribution < 1.29 is 24.2 Å². The molecule has 0 heterocycles. The predicted molar refractivity (Wildman–Crippen MR) is 82.4 cm³/mol. The summed E-state index contributed by atoms with van der Waals surface area (Å²) in [7, 11) is 3.20. The third kappa shape index (κ3) is 6.78. The highest BCUT2D eigenvalue weighted by atomic mass is 16.6. The van der Waals surface area contributed by atoms with Crippen LogP contribution in [0.2, 0.25) is 0 Å². The van der Waals surface area contributed by atoms with E-state index in [1.165, 1.54) is 4.90 Å². The molecule has 0 aliphatic heterocycles. The van der Waals surface area contributed by atoms with Crippen molar-refractivity contribution in [1.29, 1.82) is 0 Å². The number of alkyl carbamates (subject to hydrolysis) is 1. The van der Waals surface area contributed by atoms with E-state index in [-0.39, 0.29) is 24.2 Å². The van der Waals surface area contributed by atoms with Crippen LogP contribution in [0.1, 0.15) is 40.5 Å². The molecular weight excluding hydrogens is 288 g/mol. The Hall–Kier alpha value is -1.79. The maximum atomic E-state index is 12.1. The standard InChI is InChI=1S/C15H28N2O5/c1-7-10(4)12(13(18)17(5)6)16-15(21)22-11(14(19)20)8-9(2)3/h9-12H,7-8H2,1-6H3,(H,16,21)(H,19,20)/t10-,11-,12+/m0/s1. The van der Waals surface area contributed by atoms with Gasteiger partial charge in [0.2, 0.25) is 12.0 Å². The summed E-state index contributed by atoms with van der Waals surface area (Å²) in [5, 5.41) is 11.6. The monoisotopic (exact) mass is 316 g/mol. The minimum absolute atomic E-state index is 0.0719. The highest BCUT2D eigenvalue weighted by Crippen LogP contribution is 2.12. The number of rotatable bonds is 8. The van der Waals surface area contributed by atoms with Gasteiger partial charge in [0.25, 0.3) is 0 Å². The van der Waals surface area contributed by atoms with Crippen LogP contribution in [0.15, 0.2) is 0 Å². The second-order valence-corrected chi connectivity index (χ2v) is 6.10. The lowest BCUT2D eigenvalue weighted by molar-refractivity contribution is -0.147. The van der Waals surface area contributed by atoms with E-state index in [1.807, 2.05) is 27.7 Å². The third-order valence-electron chi connectivity index (χ3n) is 3.40. The molecule has 0 saturated heterocycles. The van der Waals surface area contributed by atoms with Crippen LogP contribution in [-0.4, -0.2) is 54.2 Å². The Morgan fingerprint density at radius 2 is 1.73 bits per heavy atom. The first-order valence-corrected chi connectivity index (χ1v) is 7.51. The highest BCUT2D eigenvalue weighted by Gasteiger charge is 2.30. The molecule has 22 heavy (non-hydrogen) atoms. The molecule has 7 heteroatoms. The van der Waals surface area contributed by atoms with Crippen LogP contribution in [0.3, 0.4) is 0 Å². The van der Waals surface area contributed by atoms with Gasteiger partial charge >= 0.3 is 12.1 Å². The van der Waals surface area contributed by atoms with Crippen LogP contribution >= 0.6 is 0 Å². The number of carbonyl (C=O) groups is 3. The molecule has 0 aromatic carbocycles. The molecule has 0 unspecified atom stereocenters. The summed E-state index contributed by atoms with van der Waals surface area (Å²) in [6.45, 7) is 7.44. The van der Waals surface area contributed by atoms with Gasteiger partial charge in [0, 0.05) is 14.1 Å². The van der Waals surface area contributed by atoms with Crippen molar-refractivity contribution in [3.05, 3.63) is 0 Å². The number of likely N-dealkylation sites (N-methyl/N-ethyl adjacent to an activating group) is 1. The summed E-state index contributed by atoms with van der Waals surface area (Å²) in [4.78, 5) is 36.5. The van der Waals surface area contributed by atoms with Gasteiger partial charge in [-0.05, 0) is 18.3 Å². The molecule has 0 aliphatic carbocycles. The van der Waals surface area contributed by atoms with Gasteiger partial charge in [-0.3, -0.25) is 4.79 Å². The molecule has 2 amide bonds. The minimum atomic E-state index is -1.22. The maximum absolute atomic E-state index is 12.1. The lowest BCUT2D eigenvalue weighted by Gasteiger charge is -2.26. The van der Waals surface area contributed by atoms with E-state index in [1.54, 1.807) is 14.1 Å². The molecule has 0 radical (unpaired) electrons. The number of hydrogen-bond donors (Lipinski definition) is 2. The number of ether oxygens (including phenoxy) is 1. The number of hydrogen-bond acceptors (Lipinski definition) is 4. The minimum Gasteiger partial charge on any atom is -0.479 e. The summed E-state index contributed by atoms with van der Waals surface area (Å²) in [5.74, 6) is -1.46. The number of carbonyl (C=O) groups excluding carboxylic acids is 2. The first-order chi connectivity index (χ1) is 10.1. The second kappa shape index (κ2) is 9.27. The van der Waals surface area contributed by atoms with E-state index in [0.717, 1.165) is 0 Å². The average molecular weight is 316 g/mol. The molecule has 7 nitrogen and oxygen atoms in total. The van der Waals surface area contributed by atoms with Gasteiger partial charge in [-0.25, -0.2) is 9.59 Å². The van der Waals surface area contributed by atoms with Crippen molar-refractivity contribution in [3.63, 3.8) is 0 Å². The fraction of sp³-hybridized carbons (Fsp3) is 0.800. The Morgan fingerprint density at radius 3 is 2.09 bits per heavy atom. The van der Waals surface area contributed by atoms with Crippen LogP contribution in [0, 0.1) is 11.8 Å². The highest BCUT2D eigenvalue weighted by molar-refractivity contribution is 5.86. The third-order valence-corrected chi connectivity index (χ3v) is 3.40.